The Morgan fingerprint density at radius 1 is 0.439 bits per heavy atom. The molecule has 4 rings (SSSR count). The quantitative estimate of drug-likeness (QED) is 0.117. The fourth-order valence-electron chi connectivity index (χ4n) is 5.43. The Kier molecular flexibility index (Phi) is 11.3. The van der Waals surface area contributed by atoms with E-state index in [1.807, 2.05) is 0 Å². The van der Waals surface area contributed by atoms with Crippen LogP contribution in [0.2, 0.25) is 12.1 Å². The molecule has 0 fully saturated rings. The maximum Gasteiger partial charge on any atom is 0.126 e. The first-order valence-electron chi connectivity index (χ1n) is 14.1. The molecule has 0 heterocycles. The summed E-state index contributed by atoms with van der Waals surface area (Å²) in [5.74, 6) is 6.12. The van der Waals surface area contributed by atoms with Crippen molar-refractivity contribution in [1.82, 2.24) is 0 Å². The molecule has 0 bridgehead atoms. The third-order valence-corrected chi connectivity index (χ3v) is 22.7. The van der Waals surface area contributed by atoms with Gasteiger partial charge in [0.05, 0.1) is 36.5 Å². The second-order valence-electron chi connectivity index (χ2n) is 10.1. The van der Waals surface area contributed by atoms with Gasteiger partial charge in [0.1, 0.15) is 23.0 Å². The van der Waals surface area contributed by atoms with Gasteiger partial charge in [0.25, 0.3) is 0 Å². The van der Waals surface area contributed by atoms with E-state index >= 15 is 0 Å². The number of benzene rings is 4. The van der Waals surface area contributed by atoms with Crippen LogP contribution in [0.3, 0.4) is 0 Å². The molecule has 0 atom stereocenters. The van der Waals surface area contributed by atoms with E-state index in [2.05, 4.69) is 111 Å². The number of rotatable bonds is 14. The number of ether oxygens (including phenoxy) is 4. The summed E-state index contributed by atoms with van der Waals surface area (Å²) in [5, 5.41) is 5.14. The predicted molar refractivity (Wildman–Crippen MR) is 181 cm³/mol. The molecule has 0 N–H and O–H groups in total. The molecule has 0 radical (unpaired) electrons. The van der Waals surface area contributed by atoms with Crippen molar-refractivity contribution in [1.29, 1.82) is 0 Å². The summed E-state index contributed by atoms with van der Waals surface area (Å²) in [5.41, 5.74) is 0. The van der Waals surface area contributed by atoms with E-state index in [0.717, 1.165) is 34.6 Å². The normalized spacial score (nSPS) is 11.5. The average molecular weight is 605 g/mol. The van der Waals surface area contributed by atoms with Gasteiger partial charge in [-0.15, -0.1) is 0 Å². The Labute approximate surface area is 249 Å². The predicted octanol–water partition coefficient (Wildman–Crippen LogP) is 6.85. The summed E-state index contributed by atoms with van der Waals surface area (Å²) in [7, 11) is 3.74. The van der Waals surface area contributed by atoms with Crippen LogP contribution >= 0.6 is 15.8 Å². The standard InChI is InChI=1S/C34H42O4P2Si/c1-7-41(8-2,25-39(31-21-13-9-17-27(31)35-3)32-22-14-10-18-28(32)36-4)26-40(33-23-15-11-19-29(33)37-5)34-24-16-12-20-30(34)38-6/h9-24H,7-8,25-26H2,1-6H3. The van der Waals surface area contributed by atoms with Crippen molar-refractivity contribution in [2.24, 2.45) is 0 Å². The van der Waals surface area contributed by atoms with Gasteiger partial charge >= 0.3 is 0 Å². The molecule has 0 amide bonds. The Morgan fingerprint density at radius 2 is 0.683 bits per heavy atom. The number of hydrogen-bond acceptors (Lipinski definition) is 4. The van der Waals surface area contributed by atoms with E-state index in [9.17, 15) is 0 Å². The van der Waals surface area contributed by atoms with Crippen LogP contribution in [0.15, 0.2) is 97.1 Å². The van der Waals surface area contributed by atoms with Crippen LogP contribution in [0.4, 0.5) is 0 Å². The van der Waals surface area contributed by atoms with E-state index in [1.54, 1.807) is 28.4 Å². The fraction of sp³-hybridized carbons (Fsp3) is 0.294. The highest BCUT2D eigenvalue weighted by Gasteiger charge is 2.39. The van der Waals surface area contributed by atoms with Crippen LogP contribution in [0.1, 0.15) is 13.8 Å². The molecule has 41 heavy (non-hydrogen) atoms. The lowest BCUT2D eigenvalue weighted by atomic mass is 10.3. The molecule has 4 aromatic carbocycles. The van der Waals surface area contributed by atoms with Crippen LogP contribution in [-0.4, -0.2) is 48.1 Å². The Morgan fingerprint density at radius 3 is 0.902 bits per heavy atom. The first kappa shape index (κ1) is 31.1. The second kappa shape index (κ2) is 14.9. The van der Waals surface area contributed by atoms with E-state index in [-0.39, 0.29) is 0 Å². The van der Waals surface area contributed by atoms with Gasteiger partial charge in [0.15, 0.2) is 0 Å². The van der Waals surface area contributed by atoms with E-state index < -0.39 is 23.9 Å². The summed E-state index contributed by atoms with van der Waals surface area (Å²) in [4.78, 5) is 0. The molecule has 0 aliphatic rings. The lowest BCUT2D eigenvalue weighted by molar-refractivity contribution is 0.417. The Hall–Kier alpha value is -2.84. The summed E-state index contributed by atoms with van der Waals surface area (Å²) in [6.07, 6.45) is 0. The molecular formula is C34H42O4P2Si. The van der Waals surface area contributed by atoms with Gasteiger partial charge in [-0.25, -0.2) is 0 Å². The monoisotopic (exact) mass is 604 g/mol. The van der Waals surface area contributed by atoms with Crippen molar-refractivity contribution in [3.8, 4) is 23.0 Å². The minimum Gasteiger partial charge on any atom is -0.496 e. The number of hydrogen-bond donors (Lipinski definition) is 0. The van der Waals surface area contributed by atoms with Crippen LogP contribution in [-0.2, 0) is 0 Å². The zero-order valence-electron chi connectivity index (χ0n) is 25.1. The Bertz CT molecular complexity index is 1210. The second-order valence-corrected chi connectivity index (χ2v) is 20.7. The minimum atomic E-state index is -1.91. The first-order chi connectivity index (χ1) is 20.0. The molecule has 0 spiro atoms. The van der Waals surface area contributed by atoms with Gasteiger partial charge < -0.3 is 18.9 Å². The summed E-state index contributed by atoms with van der Waals surface area (Å²) in [6.45, 7) is 4.82. The van der Waals surface area contributed by atoms with E-state index in [0.29, 0.717) is 0 Å². The molecule has 7 heteroatoms. The SMILES string of the molecule is CC[Si](CC)(CP(c1ccccc1OC)c1ccccc1OC)CP(c1ccccc1OC)c1ccccc1OC. The van der Waals surface area contributed by atoms with Crippen molar-refractivity contribution < 1.29 is 18.9 Å². The highest BCUT2D eigenvalue weighted by Crippen LogP contribution is 2.49. The van der Waals surface area contributed by atoms with Crippen LogP contribution in [0, 0.1) is 0 Å². The summed E-state index contributed by atoms with van der Waals surface area (Å²) < 4.78 is 23.8. The first-order valence-corrected chi connectivity index (χ1v) is 20.0. The molecule has 0 saturated carbocycles. The van der Waals surface area contributed by atoms with Gasteiger partial charge in [0.2, 0.25) is 0 Å². The largest absolute Gasteiger partial charge is 0.496 e. The van der Waals surface area contributed by atoms with Gasteiger partial charge in [-0.2, -0.15) is 0 Å². The van der Waals surface area contributed by atoms with Crippen LogP contribution in [0.25, 0.3) is 0 Å². The lowest BCUT2D eigenvalue weighted by Gasteiger charge is -2.38. The van der Waals surface area contributed by atoms with Crippen molar-refractivity contribution in [2.45, 2.75) is 25.9 Å². The zero-order valence-corrected chi connectivity index (χ0v) is 27.9. The van der Waals surface area contributed by atoms with Crippen molar-refractivity contribution in [2.75, 3.05) is 40.0 Å². The minimum absolute atomic E-state index is 0.735. The number of para-hydroxylation sites is 4. The molecule has 0 aromatic heterocycles. The molecule has 4 aromatic rings. The van der Waals surface area contributed by atoms with Crippen molar-refractivity contribution in [3.63, 3.8) is 0 Å². The molecule has 0 aliphatic carbocycles. The summed E-state index contributed by atoms with van der Waals surface area (Å²) >= 11 is 0. The highest BCUT2D eigenvalue weighted by molar-refractivity contribution is 7.78. The maximum atomic E-state index is 5.95. The molecule has 4 nitrogen and oxygen atoms in total. The van der Waals surface area contributed by atoms with Gasteiger partial charge in [-0.05, 0) is 51.7 Å². The van der Waals surface area contributed by atoms with E-state index in [4.69, 9.17) is 18.9 Å². The van der Waals surface area contributed by atoms with Gasteiger partial charge in [-0.1, -0.05) is 98.7 Å². The van der Waals surface area contributed by atoms with Gasteiger partial charge in [0, 0.05) is 21.2 Å². The summed E-state index contributed by atoms with van der Waals surface area (Å²) in [6, 6.07) is 36.6. The topological polar surface area (TPSA) is 36.9 Å². The molecule has 216 valence electrons. The van der Waals surface area contributed by atoms with Crippen LogP contribution < -0.4 is 40.2 Å². The number of methoxy groups -OCH3 is 4. The highest BCUT2D eigenvalue weighted by atomic mass is 31.1. The molecular weight excluding hydrogens is 562 g/mol. The molecule has 0 unspecified atom stereocenters. The third kappa shape index (κ3) is 6.97. The molecule has 0 aliphatic heterocycles. The fourth-order valence-corrected chi connectivity index (χ4v) is 22.2. The van der Waals surface area contributed by atoms with Crippen molar-refractivity contribution in [3.05, 3.63) is 97.1 Å². The van der Waals surface area contributed by atoms with E-state index in [1.165, 1.54) is 33.3 Å². The average Bonchev–Trinajstić information content (AvgIpc) is 3.05. The van der Waals surface area contributed by atoms with Crippen LogP contribution in [0.5, 0.6) is 23.0 Å². The van der Waals surface area contributed by atoms with Gasteiger partial charge in [-0.3, -0.25) is 0 Å². The van der Waals surface area contributed by atoms with Crippen molar-refractivity contribution >= 4 is 45.1 Å². The third-order valence-electron chi connectivity index (χ3n) is 7.99. The lowest BCUT2D eigenvalue weighted by Crippen LogP contribution is -2.45. The zero-order chi connectivity index (χ0) is 29.2. The smallest absolute Gasteiger partial charge is 0.126 e. The maximum absolute atomic E-state index is 5.95. The Balaban J connectivity index is 1.88. The molecule has 0 saturated heterocycles.